The molecule has 1 rings (SSSR count). The molecule has 0 aliphatic heterocycles. The van der Waals surface area contributed by atoms with Gasteiger partial charge in [0.25, 0.3) is 0 Å². The first-order valence-electron chi connectivity index (χ1n) is 4.08. The quantitative estimate of drug-likeness (QED) is 0.515. The highest BCUT2D eigenvalue weighted by atomic mass is 16.7. The van der Waals surface area contributed by atoms with Crippen molar-refractivity contribution in [1.82, 2.24) is 4.73 Å². The largest absolute Gasteiger partial charge is 0.468 e. The fourth-order valence-electron chi connectivity index (χ4n) is 0.836. The summed E-state index contributed by atoms with van der Waals surface area (Å²) in [5.74, 6) is -2.17. The van der Waals surface area contributed by atoms with E-state index >= 15 is 0 Å². The number of carbonyl (C=O) groups is 2. The van der Waals surface area contributed by atoms with Crippen LogP contribution in [-0.4, -0.2) is 23.8 Å². The van der Waals surface area contributed by atoms with Crippen LogP contribution >= 0.6 is 0 Å². The molecule has 1 aromatic heterocycles. The van der Waals surface area contributed by atoms with Crippen LogP contribution < -0.4 is 4.84 Å². The summed E-state index contributed by atoms with van der Waals surface area (Å²) in [5, 5.41) is 0. The second-order valence-corrected chi connectivity index (χ2v) is 2.70. The van der Waals surface area contributed by atoms with Crippen molar-refractivity contribution in [2.75, 3.05) is 7.11 Å². The monoisotopic (exact) mass is 197 g/mol. The molecule has 76 valence electrons. The highest BCUT2D eigenvalue weighted by molar-refractivity contribution is 5.94. The second-order valence-electron chi connectivity index (χ2n) is 2.70. The Morgan fingerprint density at radius 2 is 1.79 bits per heavy atom. The zero-order valence-corrected chi connectivity index (χ0v) is 7.97. The Kier molecular flexibility index (Phi) is 3.28. The van der Waals surface area contributed by atoms with Gasteiger partial charge in [0.2, 0.25) is 0 Å². The van der Waals surface area contributed by atoms with E-state index in [2.05, 4.69) is 4.74 Å². The summed E-state index contributed by atoms with van der Waals surface area (Å²) in [4.78, 5) is 27.0. The van der Waals surface area contributed by atoms with Crippen LogP contribution in [0.15, 0.2) is 24.5 Å². The third kappa shape index (κ3) is 2.35. The highest BCUT2D eigenvalue weighted by Crippen LogP contribution is 1.99. The molecule has 0 N–H and O–H groups in total. The minimum Gasteiger partial charge on any atom is -0.468 e. The van der Waals surface area contributed by atoms with Gasteiger partial charge < -0.3 is 9.57 Å². The smallest absolute Gasteiger partial charge is 0.346 e. The average Bonchev–Trinajstić information content (AvgIpc) is 2.68. The Hall–Kier alpha value is -1.78. The molecule has 0 radical (unpaired) electrons. The summed E-state index contributed by atoms with van der Waals surface area (Å²) >= 11 is 0. The standard InChI is InChI=1S/C9H11NO4/c1-7(8(11)13-2)9(12)14-10-5-3-4-6-10/h3-7H,1-2H3. The Balaban J connectivity index is 2.54. The van der Waals surface area contributed by atoms with E-state index in [9.17, 15) is 9.59 Å². The van der Waals surface area contributed by atoms with Crippen molar-refractivity contribution < 1.29 is 19.2 Å². The van der Waals surface area contributed by atoms with Gasteiger partial charge in [-0.2, -0.15) is 4.73 Å². The van der Waals surface area contributed by atoms with Crippen LogP contribution in [0.4, 0.5) is 0 Å². The number of rotatable bonds is 3. The van der Waals surface area contributed by atoms with E-state index in [4.69, 9.17) is 4.84 Å². The van der Waals surface area contributed by atoms with Crippen LogP contribution in [0.5, 0.6) is 0 Å². The molecular formula is C9H11NO4. The normalized spacial score (nSPS) is 11.9. The van der Waals surface area contributed by atoms with E-state index in [1.165, 1.54) is 18.8 Å². The third-order valence-electron chi connectivity index (χ3n) is 1.68. The number of hydrogen-bond acceptors (Lipinski definition) is 4. The van der Waals surface area contributed by atoms with Crippen molar-refractivity contribution in [1.29, 1.82) is 0 Å². The Labute approximate surface area is 81.2 Å². The Morgan fingerprint density at radius 3 is 2.29 bits per heavy atom. The van der Waals surface area contributed by atoms with Gasteiger partial charge in [0.05, 0.1) is 7.11 Å². The summed E-state index contributed by atoms with van der Waals surface area (Å²) < 4.78 is 5.63. The van der Waals surface area contributed by atoms with Gasteiger partial charge in [-0.25, -0.2) is 4.79 Å². The Morgan fingerprint density at radius 1 is 1.21 bits per heavy atom. The van der Waals surface area contributed by atoms with Gasteiger partial charge >= 0.3 is 11.9 Å². The van der Waals surface area contributed by atoms with Gasteiger partial charge in [-0.1, -0.05) is 0 Å². The van der Waals surface area contributed by atoms with Gasteiger partial charge in [-0.15, -0.1) is 0 Å². The predicted octanol–water partition coefficient (Wildman–Crippen LogP) is 0.252. The number of aromatic nitrogens is 1. The van der Waals surface area contributed by atoms with E-state index in [1.54, 1.807) is 24.5 Å². The molecule has 0 fully saturated rings. The van der Waals surface area contributed by atoms with E-state index in [0.717, 1.165) is 0 Å². The molecule has 14 heavy (non-hydrogen) atoms. The zero-order valence-electron chi connectivity index (χ0n) is 7.97. The lowest BCUT2D eigenvalue weighted by molar-refractivity contribution is -0.159. The average molecular weight is 197 g/mol. The van der Waals surface area contributed by atoms with Crippen molar-refractivity contribution in [3.8, 4) is 0 Å². The van der Waals surface area contributed by atoms with Crippen LogP contribution in [0.2, 0.25) is 0 Å². The topological polar surface area (TPSA) is 57.5 Å². The fourth-order valence-corrected chi connectivity index (χ4v) is 0.836. The predicted molar refractivity (Wildman–Crippen MR) is 47.2 cm³/mol. The summed E-state index contributed by atoms with van der Waals surface area (Å²) in [5.41, 5.74) is 0. The summed E-state index contributed by atoms with van der Waals surface area (Å²) in [6, 6.07) is 3.41. The highest BCUT2D eigenvalue weighted by Gasteiger charge is 2.24. The lowest BCUT2D eigenvalue weighted by Gasteiger charge is -2.08. The summed E-state index contributed by atoms with van der Waals surface area (Å²) in [6.45, 7) is 1.43. The number of carbonyl (C=O) groups excluding carboxylic acids is 2. The molecule has 0 saturated carbocycles. The van der Waals surface area contributed by atoms with E-state index in [1.807, 2.05) is 0 Å². The first kappa shape index (κ1) is 10.3. The number of methoxy groups -OCH3 is 1. The number of esters is 1. The molecule has 5 nitrogen and oxygen atoms in total. The molecule has 1 unspecified atom stereocenters. The fraction of sp³-hybridized carbons (Fsp3) is 0.333. The molecule has 1 atom stereocenters. The van der Waals surface area contributed by atoms with Gasteiger partial charge in [0.15, 0.2) is 5.92 Å². The van der Waals surface area contributed by atoms with Crippen molar-refractivity contribution in [3.63, 3.8) is 0 Å². The number of nitrogens with zero attached hydrogens (tertiary/aromatic N) is 1. The van der Waals surface area contributed by atoms with Crippen molar-refractivity contribution >= 4 is 11.9 Å². The molecular weight excluding hydrogens is 186 g/mol. The molecule has 0 amide bonds. The minimum absolute atomic E-state index is 0.609. The lowest BCUT2D eigenvalue weighted by atomic mass is 10.2. The molecule has 1 aromatic rings. The molecule has 0 aliphatic carbocycles. The molecule has 0 spiro atoms. The van der Waals surface area contributed by atoms with Gasteiger partial charge in [-0.3, -0.25) is 4.79 Å². The van der Waals surface area contributed by atoms with Crippen LogP contribution in [-0.2, 0) is 14.3 Å². The summed E-state index contributed by atoms with van der Waals surface area (Å²) in [6.07, 6.45) is 3.11. The Bertz CT molecular complexity index is 318. The van der Waals surface area contributed by atoms with Crippen molar-refractivity contribution in [2.45, 2.75) is 6.92 Å². The van der Waals surface area contributed by atoms with Gasteiger partial charge in [-0.05, 0) is 19.1 Å². The van der Waals surface area contributed by atoms with Crippen molar-refractivity contribution in [2.24, 2.45) is 5.92 Å². The van der Waals surface area contributed by atoms with E-state index in [-0.39, 0.29) is 0 Å². The molecule has 1 heterocycles. The number of hydrogen-bond donors (Lipinski definition) is 0. The SMILES string of the molecule is COC(=O)C(C)C(=O)On1cccc1. The molecule has 5 heteroatoms. The maximum Gasteiger partial charge on any atom is 0.346 e. The minimum atomic E-state index is -0.914. The maximum atomic E-state index is 11.3. The molecule has 0 aliphatic rings. The zero-order chi connectivity index (χ0) is 10.6. The van der Waals surface area contributed by atoms with Crippen LogP contribution in [0, 0.1) is 5.92 Å². The first-order chi connectivity index (χ1) is 6.65. The van der Waals surface area contributed by atoms with Gasteiger partial charge in [0, 0.05) is 12.4 Å². The van der Waals surface area contributed by atoms with Gasteiger partial charge in [0.1, 0.15) is 0 Å². The number of ether oxygens (including phenoxy) is 1. The van der Waals surface area contributed by atoms with E-state index in [0.29, 0.717) is 0 Å². The van der Waals surface area contributed by atoms with Crippen LogP contribution in [0.3, 0.4) is 0 Å². The third-order valence-corrected chi connectivity index (χ3v) is 1.68. The van der Waals surface area contributed by atoms with Crippen LogP contribution in [0.1, 0.15) is 6.92 Å². The van der Waals surface area contributed by atoms with E-state index < -0.39 is 17.9 Å². The molecule has 0 saturated heterocycles. The maximum absolute atomic E-state index is 11.3. The lowest BCUT2D eigenvalue weighted by Crippen LogP contribution is -2.30. The molecule has 0 bridgehead atoms. The van der Waals surface area contributed by atoms with Crippen LogP contribution in [0.25, 0.3) is 0 Å². The second kappa shape index (κ2) is 4.45. The first-order valence-corrected chi connectivity index (χ1v) is 4.08. The molecule has 0 aromatic carbocycles. The summed E-state index contributed by atoms with van der Waals surface area (Å²) in [7, 11) is 1.22. The van der Waals surface area contributed by atoms with Crippen molar-refractivity contribution in [3.05, 3.63) is 24.5 Å².